The molecule has 1 saturated carbocycles. The summed E-state index contributed by atoms with van der Waals surface area (Å²) in [5, 5.41) is 13.7. The summed E-state index contributed by atoms with van der Waals surface area (Å²) in [7, 11) is 0. The minimum atomic E-state index is -0.472. The monoisotopic (exact) mass is 207 g/mol. The van der Waals surface area contributed by atoms with Crippen LogP contribution in [-0.4, -0.2) is 11.5 Å². The Balaban J connectivity index is 2.06. The van der Waals surface area contributed by atoms with Crippen molar-refractivity contribution >= 4 is 17.1 Å². The number of hydrogen-bond acceptors (Lipinski definition) is 4. The standard InChI is InChI=1S/C10H13N3O2/c11-9-5-8(12-6-7-1-2-7)3-4-10(9)13(14)15/h3-5,7,12H,1-2,6,11H2. The first-order valence-corrected chi connectivity index (χ1v) is 4.94. The van der Waals surface area contributed by atoms with Crippen LogP contribution in [0.5, 0.6) is 0 Å². The van der Waals surface area contributed by atoms with E-state index in [2.05, 4.69) is 5.32 Å². The van der Waals surface area contributed by atoms with E-state index >= 15 is 0 Å². The zero-order valence-corrected chi connectivity index (χ0v) is 8.27. The molecule has 5 nitrogen and oxygen atoms in total. The average molecular weight is 207 g/mol. The average Bonchev–Trinajstić information content (AvgIpc) is 2.97. The molecule has 5 heteroatoms. The van der Waals surface area contributed by atoms with Gasteiger partial charge in [0.1, 0.15) is 5.69 Å². The fraction of sp³-hybridized carbons (Fsp3) is 0.400. The van der Waals surface area contributed by atoms with Gasteiger partial charge >= 0.3 is 0 Å². The zero-order chi connectivity index (χ0) is 10.8. The zero-order valence-electron chi connectivity index (χ0n) is 8.27. The molecule has 3 N–H and O–H groups in total. The molecule has 0 aromatic heterocycles. The molecule has 15 heavy (non-hydrogen) atoms. The molecule has 0 atom stereocenters. The number of nitro groups is 1. The third-order valence-electron chi connectivity index (χ3n) is 2.52. The summed E-state index contributed by atoms with van der Waals surface area (Å²) < 4.78 is 0. The van der Waals surface area contributed by atoms with Crippen LogP contribution in [0.15, 0.2) is 18.2 Å². The number of nitrogens with two attached hydrogens (primary N) is 1. The lowest BCUT2D eigenvalue weighted by molar-refractivity contribution is -0.383. The van der Waals surface area contributed by atoms with E-state index in [1.54, 1.807) is 12.1 Å². The van der Waals surface area contributed by atoms with Crippen molar-refractivity contribution in [3.8, 4) is 0 Å². The Kier molecular flexibility index (Phi) is 2.45. The summed E-state index contributed by atoms with van der Waals surface area (Å²) in [6.45, 7) is 0.928. The highest BCUT2D eigenvalue weighted by Gasteiger charge is 2.20. The second-order valence-electron chi connectivity index (χ2n) is 3.85. The van der Waals surface area contributed by atoms with Gasteiger partial charge in [-0.25, -0.2) is 0 Å². The first-order valence-electron chi connectivity index (χ1n) is 4.94. The fourth-order valence-corrected chi connectivity index (χ4v) is 1.41. The number of nitrogen functional groups attached to an aromatic ring is 1. The summed E-state index contributed by atoms with van der Waals surface area (Å²) in [5.41, 5.74) is 6.59. The van der Waals surface area contributed by atoms with E-state index in [0.717, 1.165) is 18.2 Å². The molecule has 1 aromatic carbocycles. The van der Waals surface area contributed by atoms with Gasteiger partial charge in [0.25, 0.3) is 5.69 Å². The van der Waals surface area contributed by atoms with E-state index in [1.165, 1.54) is 18.9 Å². The predicted molar refractivity (Wildman–Crippen MR) is 58.7 cm³/mol. The summed E-state index contributed by atoms with van der Waals surface area (Å²) >= 11 is 0. The molecule has 1 aromatic rings. The van der Waals surface area contributed by atoms with Crippen molar-refractivity contribution in [2.75, 3.05) is 17.6 Å². The van der Waals surface area contributed by atoms with Crippen LogP contribution in [-0.2, 0) is 0 Å². The van der Waals surface area contributed by atoms with Crippen molar-refractivity contribution < 1.29 is 4.92 Å². The molecule has 1 fully saturated rings. The van der Waals surface area contributed by atoms with Gasteiger partial charge in [0.2, 0.25) is 0 Å². The van der Waals surface area contributed by atoms with Crippen LogP contribution < -0.4 is 11.1 Å². The molecule has 0 bridgehead atoms. The molecule has 1 aliphatic carbocycles. The number of rotatable bonds is 4. The van der Waals surface area contributed by atoms with Crippen LogP contribution in [0.3, 0.4) is 0 Å². The van der Waals surface area contributed by atoms with Gasteiger partial charge in [-0.15, -0.1) is 0 Å². The van der Waals surface area contributed by atoms with Crippen molar-refractivity contribution in [2.24, 2.45) is 5.92 Å². The Hall–Kier alpha value is -1.78. The highest BCUT2D eigenvalue weighted by Crippen LogP contribution is 2.30. The van der Waals surface area contributed by atoms with E-state index in [9.17, 15) is 10.1 Å². The lowest BCUT2D eigenvalue weighted by atomic mass is 10.2. The largest absolute Gasteiger partial charge is 0.393 e. The number of nitrogens with one attached hydrogen (secondary N) is 1. The quantitative estimate of drug-likeness (QED) is 0.449. The maximum Gasteiger partial charge on any atom is 0.292 e. The molecule has 2 rings (SSSR count). The molecule has 0 heterocycles. The number of hydrogen-bond donors (Lipinski definition) is 2. The van der Waals surface area contributed by atoms with Gasteiger partial charge in [0.05, 0.1) is 4.92 Å². The van der Waals surface area contributed by atoms with Crippen LogP contribution in [0, 0.1) is 16.0 Å². The van der Waals surface area contributed by atoms with Crippen molar-refractivity contribution in [1.82, 2.24) is 0 Å². The van der Waals surface area contributed by atoms with Gasteiger partial charge in [0, 0.05) is 18.3 Å². The van der Waals surface area contributed by atoms with Crippen molar-refractivity contribution in [2.45, 2.75) is 12.8 Å². The molecular weight excluding hydrogens is 194 g/mol. The molecule has 80 valence electrons. The number of nitro benzene ring substituents is 1. The maximum atomic E-state index is 10.5. The minimum Gasteiger partial charge on any atom is -0.393 e. The summed E-state index contributed by atoms with van der Waals surface area (Å²) in [6, 6.07) is 4.74. The summed E-state index contributed by atoms with van der Waals surface area (Å²) in [6.07, 6.45) is 2.55. The molecule has 1 aliphatic rings. The van der Waals surface area contributed by atoms with Crippen LogP contribution in [0.25, 0.3) is 0 Å². The Morgan fingerprint density at radius 2 is 2.27 bits per heavy atom. The molecular formula is C10H13N3O2. The Bertz CT molecular complexity index is 388. The molecule has 0 saturated heterocycles. The lowest BCUT2D eigenvalue weighted by Crippen LogP contribution is -2.04. The van der Waals surface area contributed by atoms with Gasteiger partial charge in [-0.2, -0.15) is 0 Å². The molecule has 0 unspecified atom stereocenters. The number of nitrogens with zero attached hydrogens (tertiary/aromatic N) is 1. The Morgan fingerprint density at radius 1 is 1.53 bits per heavy atom. The number of anilines is 2. The highest BCUT2D eigenvalue weighted by molar-refractivity contribution is 5.65. The maximum absolute atomic E-state index is 10.5. The van der Waals surface area contributed by atoms with Crippen molar-refractivity contribution in [1.29, 1.82) is 0 Å². The van der Waals surface area contributed by atoms with Gasteiger partial charge in [-0.3, -0.25) is 10.1 Å². The third kappa shape index (κ3) is 2.37. The predicted octanol–water partition coefficient (Wildman–Crippen LogP) is 2.00. The molecule has 0 radical (unpaired) electrons. The fourth-order valence-electron chi connectivity index (χ4n) is 1.41. The van der Waals surface area contributed by atoms with Crippen molar-refractivity contribution in [3.05, 3.63) is 28.3 Å². The topological polar surface area (TPSA) is 81.2 Å². The van der Waals surface area contributed by atoms with Gasteiger partial charge < -0.3 is 11.1 Å². The molecule has 0 aliphatic heterocycles. The first kappa shape index (κ1) is 9.76. The van der Waals surface area contributed by atoms with Crippen molar-refractivity contribution in [3.63, 3.8) is 0 Å². The second kappa shape index (κ2) is 3.76. The van der Waals surface area contributed by atoms with E-state index in [-0.39, 0.29) is 11.4 Å². The van der Waals surface area contributed by atoms with E-state index < -0.39 is 4.92 Å². The van der Waals surface area contributed by atoms with Crippen LogP contribution in [0.4, 0.5) is 17.1 Å². The second-order valence-corrected chi connectivity index (χ2v) is 3.85. The van der Waals surface area contributed by atoms with Gasteiger partial charge in [-0.1, -0.05) is 0 Å². The van der Waals surface area contributed by atoms with E-state index in [4.69, 9.17) is 5.73 Å². The van der Waals surface area contributed by atoms with Crippen LogP contribution >= 0.6 is 0 Å². The summed E-state index contributed by atoms with van der Waals surface area (Å²) in [5.74, 6) is 0.765. The smallest absolute Gasteiger partial charge is 0.292 e. The van der Waals surface area contributed by atoms with Crippen LogP contribution in [0.2, 0.25) is 0 Å². The normalized spacial score (nSPS) is 14.9. The summed E-state index contributed by atoms with van der Waals surface area (Å²) in [4.78, 5) is 10.0. The minimum absolute atomic E-state index is 0.0352. The number of benzene rings is 1. The first-order chi connectivity index (χ1) is 7.16. The Labute approximate surface area is 87.4 Å². The van der Waals surface area contributed by atoms with Gasteiger partial charge in [-0.05, 0) is 30.9 Å². The molecule has 0 amide bonds. The highest BCUT2D eigenvalue weighted by atomic mass is 16.6. The lowest BCUT2D eigenvalue weighted by Gasteiger charge is -2.05. The van der Waals surface area contributed by atoms with Gasteiger partial charge in [0.15, 0.2) is 0 Å². The molecule has 0 spiro atoms. The SMILES string of the molecule is Nc1cc(NCC2CC2)ccc1[N+](=O)[O-]. The van der Waals surface area contributed by atoms with E-state index in [0.29, 0.717) is 0 Å². The Morgan fingerprint density at radius 3 is 2.80 bits per heavy atom. The van der Waals surface area contributed by atoms with Crippen LogP contribution in [0.1, 0.15) is 12.8 Å². The van der Waals surface area contributed by atoms with E-state index in [1.807, 2.05) is 0 Å². The third-order valence-corrected chi connectivity index (χ3v) is 2.52.